The molecule has 6 nitrogen and oxygen atoms in total. The van der Waals surface area contributed by atoms with Gasteiger partial charge in [-0.2, -0.15) is 0 Å². The molecule has 0 spiro atoms. The highest BCUT2D eigenvalue weighted by Crippen LogP contribution is 2.35. The molecule has 0 aliphatic carbocycles. The molecule has 138 valence electrons. The summed E-state index contributed by atoms with van der Waals surface area (Å²) >= 11 is 0. The van der Waals surface area contributed by atoms with Gasteiger partial charge in [0.1, 0.15) is 6.54 Å². The third kappa shape index (κ3) is 3.49. The van der Waals surface area contributed by atoms with Gasteiger partial charge in [0.25, 0.3) is 0 Å². The van der Waals surface area contributed by atoms with Crippen molar-refractivity contribution < 1.29 is 19.1 Å². The molecular formula is C20H24N2O4. The van der Waals surface area contributed by atoms with Crippen LogP contribution in [0.25, 0.3) is 6.08 Å². The lowest BCUT2D eigenvalue weighted by Crippen LogP contribution is -2.57. The summed E-state index contributed by atoms with van der Waals surface area (Å²) < 4.78 is 4.90. The van der Waals surface area contributed by atoms with Gasteiger partial charge in [-0.25, -0.2) is 0 Å². The van der Waals surface area contributed by atoms with Crippen molar-refractivity contribution >= 4 is 23.9 Å². The average Bonchev–Trinajstić information content (AvgIpc) is 3.05. The first-order chi connectivity index (χ1) is 12.5. The van der Waals surface area contributed by atoms with Gasteiger partial charge in [-0.15, -0.1) is 0 Å². The molecule has 2 amide bonds. The summed E-state index contributed by atoms with van der Waals surface area (Å²) in [4.78, 5) is 40.6. The van der Waals surface area contributed by atoms with E-state index in [0.29, 0.717) is 19.4 Å². The number of rotatable bonds is 4. The van der Waals surface area contributed by atoms with Crippen LogP contribution >= 0.6 is 0 Å². The Morgan fingerprint density at radius 1 is 1.27 bits per heavy atom. The number of piperazine rings is 1. The lowest BCUT2D eigenvalue weighted by molar-refractivity contribution is -0.149. The molecule has 0 saturated carbocycles. The van der Waals surface area contributed by atoms with Crippen molar-refractivity contribution in [1.29, 1.82) is 0 Å². The fourth-order valence-corrected chi connectivity index (χ4v) is 4.03. The van der Waals surface area contributed by atoms with Crippen LogP contribution in [0.1, 0.15) is 25.3 Å². The number of amides is 2. The smallest absolute Gasteiger partial charge is 0.310 e. The maximum Gasteiger partial charge on any atom is 0.310 e. The summed E-state index contributed by atoms with van der Waals surface area (Å²) in [6.45, 7) is 2.48. The molecule has 3 rings (SSSR count). The topological polar surface area (TPSA) is 66.9 Å². The zero-order chi connectivity index (χ0) is 18.7. The molecule has 0 unspecified atom stereocenters. The number of ether oxygens (including phenoxy) is 1. The normalized spacial score (nSPS) is 25.5. The Balaban J connectivity index is 1.71. The number of carbonyl (C=O) groups is 3. The van der Waals surface area contributed by atoms with E-state index in [-0.39, 0.29) is 42.3 Å². The number of hydrogen-bond donors (Lipinski definition) is 0. The molecule has 26 heavy (non-hydrogen) atoms. The molecule has 0 bridgehead atoms. The summed E-state index contributed by atoms with van der Waals surface area (Å²) in [6, 6.07) is 9.29. The standard InChI is InChI=1S/C20H24N2O4/c1-3-17-16(20(25)26-2)11-15-12-21(13-19(24)22(15)17)18(23)10-9-14-7-5-4-6-8-14/h4-10,15-17H,3,11-13H2,1-2H3/t15-,16-,17-/m0/s1. The molecule has 0 N–H and O–H groups in total. The molecule has 2 aliphatic heterocycles. The van der Waals surface area contributed by atoms with E-state index in [4.69, 9.17) is 4.74 Å². The average molecular weight is 356 g/mol. The second-order valence-corrected chi connectivity index (χ2v) is 6.76. The molecule has 6 heteroatoms. The van der Waals surface area contributed by atoms with Gasteiger partial charge in [-0.1, -0.05) is 37.3 Å². The molecule has 3 atom stereocenters. The highest BCUT2D eigenvalue weighted by atomic mass is 16.5. The lowest BCUT2D eigenvalue weighted by atomic mass is 9.97. The van der Waals surface area contributed by atoms with Crippen LogP contribution in [0.2, 0.25) is 0 Å². The van der Waals surface area contributed by atoms with Gasteiger partial charge in [0.15, 0.2) is 0 Å². The molecule has 2 heterocycles. The van der Waals surface area contributed by atoms with Crippen LogP contribution in [0.15, 0.2) is 36.4 Å². The Bertz CT molecular complexity index is 716. The summed E-state index contributed by atoms with van der Waals surface area (Å²) in [6.07, 6.45) is 4.50. The first-order valence-corrected chi connectivity index (χ1v) is 8.96. The highest BCUT2D eigenvalue weighted by Gasteiger charge is 2.49. The molecule has 2 fully saturated rings. The summed E-state index contributed by atoms with van der Waals surface area (Å²) in [5, 5.41) is 0. The fourth-order valence-electron chi connectivity index (χ4n) is 4.03. The van der Waals surface area contributed by atoms with Crippen molar-refractivity contribution in [2.24, 2.45) is 5.92 Å². The van der Waals surface area contributed by atoms with Gasteiger partial charge in [-0.05, 0) is 24.5 Å². The summed E-state index contributed by atoms with van der Waals surface area (Å²) in [5.41, 5.74) is 0.934. The van der Waals surface area contributed by atoms with Gasteiger partial charge >= 0.3 is 5.97 Å². The van der Waals surface area contributed by atoms with E-state index >= 15 is 0 Å². The SMILES string of the molecule is CC[C@H]1[C@@H](C(=O)OC)C[C@H]2CN(C(=O)C=Cc3ccccc3)CC(=O)N21. The van der Waals surface area contributed by atoms with E-state index in [1.807, 2.05) is 37.3 Å². The van der Waals surface area contributed by atoms with Crippen LogP contribution < -0.4 is 0 Å². The van der Waals surface area contributed by atoms with Crippen LogP contribution in [0.5, 0.6) is 0 Å². The van der Waals surface area contributed by atoms with E-state index in [2.05, 4.69) is 0 Å². The number of esters is 1. The number of hydrogen-bond acceptors (Lipinski definition) is 4. The molecule has 0 radical (unpaired) electrons. The third-order valence-electron chi connectivity index (χ3n) is 5.24. The zero-order valence-corrected chi connectivity index (χ0v) is 15.1. The van der Waals surface area contributed by atoms with E-state index in [0.717, 1.165) is 5.56 Å². The van der Waals surface area contributed by atoms with Gasteiger partial charge in [-0.3, -0.25) is 14.4 Å². The quantitative estimate of drug-likeness (QED) is 0.608. The molecule has 2 saturated heterocycles. The number of fused-ring (bicyclic) bond motifs is 1. The van der Waals surface area contributed by atoms with E-state index in [1.54, 1.807) is 15.9 Å². The maximum absolute atomic E-state index is 12.6. The lowest BCUT2D eigenvalue weighted by Gasteiger charge is -2.39. The Hall–Kier alpha value is -2.63. The molecule has 1 aromatic carbocycles. The molecule has 2 aliphatic rings. The maximum atomic E-state index is 12.6. The largest absolute Gasteiger partial charge is 0.469 e. The van der Waals surface area contributed by atoms with Crippen molar-refractivity contribution in [3.8, 4) is 0 Å². The summed E-state index contributed by atoms with van der Waals surface area (Å²) in [5.74, 6) is -0.868. The Morgan fingerprint density at radius 2 is 2.00 bits per heavy atom. The predicted molar refractivity (Wildman–Crippen MR) is 96.9 cm³/mol. The second-order valence-electron chi connectivity index (χ2n) is 6.76. The van der Waals surface area contributed by atoms with E-state index < -0.39 is 0 Å². The minimum absolute atomic E-state index is 0.0544. The van der Waals surface area contributed by atoms with E-state index in [1.165, 1.54) is 13.2 Å². The van der Waals surface area contributed by atoms with E-state index in [9.17, 15) is 14.4 Å². The first-order valence-electron chi connectivity index (χ1n) is 8.96. The fraction of sp³-hybridized carbons (Fsp3) is 0.450. The van der Waals surface area contributed by atoms with Crippen molar-refractivity contribution in [1.82, 2.24) is 9.80 Å². The Morgan fingerprint density at radius 3 is 2.65 bits per heavy atom. The van der Waals surface area contributed by atoms with Crippen molar-refractivity contribution in [2.75, 3.05) is 20.2 Å². The third-order valence-corrected chi connectivity index (χ3v) is 5.24. The molecule has 0 aromatic heterocycles. The van der Waals surface area contributed by atoms with Gasteiger partial charge < -0.3 is 14.5 Å². The van der Waals surface area contributed by atoms with Crippen LogP contribution in [-0.2, 0) is 19.1 Å². The van der Waals surface area contributed by atoms with Crippen LogP contribution in [-0.4, -0.2) is 59.9 Å². The zero-order valence-electron chi connectivity index (χ0n) is 15.1. The number of carbonyl (C=O) groups excluding carboxylic acids is 3. The predicted octanol–water partition coefficient (Wildman–Crippen LogP) is 1.71. The summed E-state index contributed by atoms with van der Waals surface area (Å²) in [7, 11) is 1.37. The molecule has 1 aromatic rings. The minimum atomic E-state index is -0.311. The second kappa shape index (κ2) is 7.72. The van der Waals surface area contributed by atoms with Gasteiger partial charge in [0.2, 0.25) is 11.8 Å². The monoisotopic (exact) mass is 356 g/mol. The van der Waals surface area contributed by atoms with Gasteiger partial charge in [0.05, 0.1) is 19.1 Å². The molecular weight excluding hydrogens is 332 g/mol. The number of benzene rings is 1. The van der Waals surface area contributed by atoms with Gasteiger partial charge in [0, 0.05) is 18.7 Å². The Kier molecular flexibility index (Phi) is 5.40. The highest BCUT2D eigenvalue weighted by molar-refractivity contribution is 5.95. The number of methoxy groups -OCH3 is 1. The van der Waals surface area contributed by atoms with Crippen LogP contribution in [0.4, 0.5) is 0 Å². The van der Waals surface area contributed by atoms with Crippen molar-refractivity contribution in [3.05, 3.63) is 42.0 Å². The van der Waals surface area contributed by atoms with Crippen molar-refractivity contribution in [3.63, 3.8) is 0 Å². The first kappa shape index (κ1) is 18.2. The van der Waals surface area contributed by atoms with Crippen LogP contribution in [0, 0.1) is 5.92 Å². The van der Waals surface area contributed by atoms with Crippen LogP contribution in [0.3, 0.4) is 0 Å². The number of nitrogens with zero attached hydrogens (tertiary/aromatic N) is 2. The minimum Gasteiger partial charge on any atom is -0.469 e. The van der Waals surface area contributed by atoms with Crippen molar-refractivity contribution in [2.45, 2.75) is 31.8 Å². The Labute approximate surface area is 153 Å².